The van der Waals surface area contributed by atoms with Crippen molar-refractivity contribution >= 4 is 4.57 Å². The van der Waals surface area contributed by atoms with Gasteiger partial charge in [0.1, 0.15) is 0 Å². The summed E-state index contributed by atoms with van der Waals surface area (Å²) in [6.07, 6.45) is 0.646. The minimum absolute atomic E-state index is 0.0880. The predicted octanol–water partition coefficient (Wildman–Crippen LogP) is 0.753. The van der Waals surface area contributed by atoms with Crippen molar-refractivity contribution in [1.29, 1.82) is 10.5 Å². The standard InChI is InChI=1S/C7H8N2O.Cr/c1-10-6-7(2-4-8)3-5-9;/h7H,2-3H2,1H3;. The van der Waals surface area contributed by atoms with Crippen molar-refractivity contribution in [2.24, 2.45) is 5.92 Å². The van der Waals surface area contributed by atoms with E-state index in [0.29, 0.717) is 17.4 Å². The zero-order chi connectivity index (χ0) is 8.69. The topological polar surface area (TPSA) is 56.8 Å². The van der Waals surface area contributed by atoms with E-state index < -0.39 is 0 Å². The van der Waals surface area contributed by atoms with Crippen LogP contribution in [0.4, 0.5) is 0 Å². The molecule has 58 valence electrons. The summed E-state index contributed by atoms with van der Waals surface area (Å²) in [5, 5.41) is 16.7. The normalized spacial score (nSPS) is 8.73. The van der Waals surface area contributed by atoms with Crippen LogP contribution in [-0.2, 0) is 20.6 Å². The van der Waals surface area contributed by atoms with Gasteiger partial charge in [0.2, 0.25) is 0 Å². The van der Waals surface area contributed by atoms with Gasteiger partial charge in [-0.15, -0.1) is 0 Å². The van der Waals surface area contributed by atoms with Gasteiger partial charge in [-0.3, -0.25) is 0 Å². The Balaban J connectivity index is 4.02. The molecule has 0 saturated heterocycles. The van der Waals surface area contributed by atoms with E-state index in [9.17, 15) is 0 Å². The van der Waals surface area contributed by atoms with Crippen molar-refractivity contribution < 1.29 is 20.6 Å². The summed E-state index contributed by atoms with van der Waals surface area (Å²) in [6, 6.07) is 3.99. The monoisotopic (exact) mass is 188 g/mol. The molecule has 0 saturated carbocycles. The average Bonchev–Trinajstić information content (AvgIpc) is 2.03. The van der Waals surface area contributed by atoms with E-state index in [4.69, 9.17) is 15.3 Å². The Labute approximate surface area is 74.2 Å². The van der Waals surface area contributed by atoms with E-state index in [1.165, 1.54) is 7.11 Å². The molecule has 0 rings (SSSR count). The van der Waals surface area contributed by atoms with Crippen LogP contribution in [0.25, 0.3) is 0 Å². The molecule has 0 aromatic rings. The molecule has 0 aliphatic carbocycles. The molecular weight excluding hydrogens is 180 g/mol. The van der Waals surface area contributed by atoms with Gasteiger partial charge in [-0.2, -0.15) is 0 Å². The molecule has 11 heavy (non-hydrogen) atoms. The van der Waals surface area contributed by atoms with Crippen molar-refractivity contribution in [3.05, 3.63) is 0 Å². The summed E-state index contributed by atoms with van der Waals surface area (Å²) in [4.78, 5) is 0. The number of hydrogen-bond acceptors (Lipinski definition) is 3. The van der Waals surface area contributed by atoms with Gasteiger partial charge in [-0.25, -0.2) is 0 Å². The Morgan fingerprint density at radius 2 is 1.91 bits per heavy atom. The second-order valence-electron chi connectivity index (χ2n) is 1.94. The summed E-state index contributed by atoms with van der Waals surface area (Å²) in [6.45, 7) is 0. The van der Waals surface area contributed by atoms with Crippen LogP contribution in [0, 0.1) is 28.6 Å². The van der Waals surface area contributed by atoms with Crippen LogP contribution >= 0.6 is 0 Å². The Morgan fingerprint density at radius 1 is 1.45 bits per heavy atom. The first-order valence-electron chi connectivity index (χ1n) is 3.08. The van der Waals surface area contributed by atoms with Crippen LogP contribution in [0.2, 0.25) is 0 Å². The molecule has 0 bridgehead atoms. The van der Waals surface area contributed by atoms with Gasteiger partial charge >= 0.3 is 73.7 Å². The number of hydrogen-bond donors (Lipinski definition) is 0. The van der Waals surface area contributed by atoms with Gasteiger partial charge in [0, 0.05) is 0 Å². The van der Waals surface area contributed by atoms with Gasteiger partial charge in [-0.05, 0) is 0 Å². The van der Waals surface area contributed by atoms with E-state index in [2.05, 4.69) is 15.9 Å². The molecular formula is C7H8CrN2O. The van der Waals surface area contributed by atoms with Gasteiger partial charge in [0.05, 0.1) is 0 Å². The van der Waals surface area contributed by atoms with Crippen LogP contribution in [0.1, 0.15) is 12.8 Å². The molecule has 0 aromatic heterocycles. The molecule has 0 aliphatic heterocycles. The quantitative estimate of drug-likeness (QED) is 0.654. The molecule has 0 spiro atoms. The van der Waals surface area contributed by atoms with E-state index in [-0.39, 0.29) is 5.92 Å². The summed E-state index contributed by atoms with van der Waals surface area (Å²) in [5.41, 5.74) is 0. The second kappa shape index (κ2) is 6.08. The first-order chi connectivity index (χ1) is 5.26. The number of ether oxygens (including phenoxy) is 1. The number of nitriles is 2. The molecule has 0 unspecified atom stereocenters. The molecule has 0 atom stereocenters. The molecule has 0 aromatic carbocycles. The van der Waals surface area contributed by atoms with Gasteiger partial charge in [0.15, 0.2) is 0 Å². The van der Waals surface area contributed by atoms with Crippen LogP contribution < -0.4 is 0 Å². The zero-order valence-electron chi connectivity index (χ0n) is 6.20. The van der Waals surface area contributed by atoms with Crippen LogP contribution in [0.3, 0.4) is 0 Å². The molecule has 3 nitrogen and oxygen atoms in total. The molecule has 0 aliphatic rings. The second-order valence-corrected chi connectivity index (χ2v) is 2.57. The van der Waals surface area contributed by atoms with Gasteiger partial charge in [-0.1, -0.05) is 0 Å². The van der Waals surface area contributed by atoms with Gasteiger partial charge < -0.3 is 0 Å². The first kappa shape index (κ1) is 10.3. The van der Waals surface area contributed by atoms with Gasteiger partial charge in [0.25, 0.3) is 0 Å². The Hall–Kier alpha value is -0.658. The number of rotatable bonds is 4. The summed E-state index contributed by atoms with van der Waals surface area (Å²) < 4.78 is 5.51. The van der Waals surface area contributed by atoms with E-state index in [0.717, 1.165) is 0 Å². The molecule has 0 N–H and O–H groups in total. The first-order valence-corrected chi connectivity index (χ1v) is 3.71. The van der Waals surface area contributed by atoms with E-state index in [1.54, 1.807) is 0 Å². The Morgan fingerprint density at radius 3 is 2.18 bits per heavy atom. The van der Waals surface area contributed by atoms with Crippen molar-refractivity contribution in [2.75, 3.05) is 7.11 Å². The molecule has 0 fully saturated rings. The Bertz CT molecular complexity index is 197. The predicted molar refractivity (Wildman–Crippen MR) is 36.0 cm³/mol. The fourth-order valence-electron chi connectivity index (χ4n) is 0.626. The third kappa shape index (κ3) is 3.91. The SMILES string of the molecule is CO[C](=[Cr])C(CC#N)CC#N. The third-order valence-electron chi connectivity index (χ3n) is 1.21. The zero-order valence-corrected chi connectivity index (χ0v) is 7.48. The van der Waals surface area contributed by atoms with E-state index in [1.807, 2.05) is 12.1 Å². The summed E-state index contributed by atoms with van der Waals surface area (Å²) in [7, 11) is 1.52. The minimum atomic E-state index is -0.0880. The maximum atomic E-state index is 8.37. The van der Waals surface area contributed by atoms with Crippen LogP contribution in [0.15, 0.2) is 0 Å². The average molecular weight is 188 g/mol. The Kier molecular flexibility index (Phi) is 5.72. The maximum absolute atomic E-state index is 8.37. The van der Waals surface area contributed by atoms with E-state index >= 15 is 0 Å². The van der Waals surface area contributed by atoms with Crippen molar-refractivity contribution in [3.63, 3.8) is 0 Å². The van der Waals surface area contributed by atoms with Crippen molar-refractivity contribution in [2.45, 2.75) is 12.8 Å². The molecule has 0 heterocycles. The summed E-state index contributed by atoms with van der Waals surface area (Å²) >= 11 is 2.69. The van der Waals surface area contributed by atoms with Crippen LogP contribution in [0.5, 0.6) is 0 Å². The van der Waals surface area contributed by atoms with Crippen molar-refractivity contribution in [3.8, 4) is 12.1 Å². The fraction of sp³-hybridized carbons (Fsp3) is 0.571. The molecule has 0 radical (unpaired) electrons. The van der Waals surface area contributed by atoms with Crippen LogP contribution in [-0.4, -0.2) is 11.7 Å². The number of nitrogens with zero attached hydrogens (tertiary/aromatic N) is 2. The summed E-state index contributed by atoms with van der Waals surface area (Å²) in [5.74, 6) is -0.0880. The molecule has 4 heteroatoms. The number of methoxy groups -OCH3 is 1. The third-order valence-corrected chi connectivity index (χ3v) is 1.99. The molecule has 0 amide bonds. The van der Waals surface area contributed by atoms with Crippen molar-refractivity contribution in [1.82, 2.24) is 0 Å². The fourth-order valence-corrected chi connectivity index (χ4v) is 0.886.